The van der Waals surface area contributed by atoms with E-state index in [9.17, 15) is 4.57 Å². The lowest BCUT2D eigenvalue weighted by Crippen LogP contribution is -2.21. The molecule has 6 heteroatoms. The first-order valence-electron chi connectivity index (χ1n) is 4.71. The first-order valence-corrected chi connectivity index (χ1v) is 6.32. The largest absolute Gasteiger partial charge is 0.370 e. The molecule has 5 nitrogen and oxygen atoms in total. The molecule has 0 saturated carbocycles. The molecule has 0 amide bonds. The summed E-state index contributed by atoms with van der Waals surface area (Å²) in [6, 6.07) is 0. The van der Waals surface area contributed by atoms with Crippen molar-refractivity contribution >= 4 is 7.60 Å². The molecule has 84 valence electrons. The fourth-order valence-electron chi connectivity index (χ4n) is 1.25. The van der Waals surface area contributed by atoms with E-state index >= 15 is 0 Å². The highest BCUT2D eigenvalue weighted by atomic mass is 31.2. The number of hydrogen-bond acceptors (Lipinski definition) is 5. The van der Waals surface area contributed by atoms with Crippen LogP contribution in [-0.2, 0) is 23.1 Å². The second-order valence-corrected chi connectivity index (χ2v) is 4.98. The highest BCUT2D eigenvalue weighted by Crippen LogP contribution is 2.56. The zero-order chi connectivity index (χ0) is 10.6. The molecule has 1 saturated heterocycles. The van der Waals surface area contributed by atoms with Gasteiger partial charge in [-0.1, -0.05) is 0 Å². The molecule has 1 aliphatic rings. The highest BCUT2D eigenvalue weighted by Gasteiger charge is 2.47. The van der Waals surface area contributed by atoms with Crippen LogP contribution in [0.25, 0.3) is 0 Å². The van der Waals surface area contributed by atoms with E-state index in [0.717, 1.165) is 0 Å². The Kier molecular flexibility index (Phi) is 4.54. The van der Waals surface area contributed by atoms with Crippen LogP contribution in [0.15, 0.2) is 0 Å². The smallest absolute Gasteiger partial charge is 0.361 e. The van der Waals surface area contributed by atoms with E-state index in [0.29, 0.717) is 19.8 Å². The molecule has 1 aliphatic heterocycles. The third-order valence-corrected chi connectivity index (χ3v) is 4.25. The van der Waals surface area contributed by atoms with Crippen molar-refractivity contribution in [2.75, 3.05) is 26.9 Å². The van der Waals surface area contributed by atoms with Gasteiger partial charge in [-0.25, -0.2) is 0 Å². The van der Waals surface area contributed by atoms with Crippen LogP contribution in [0, 0.1) is 0 Å². The van der Waals surface area contributed by atoms with Crippen LogP contribution in [0.1, 0.15) is 13.8 Å². The van der Waals surface area contributed by atoms with Gasteiger partial charge in [0.15, 0.2) is 5.85 Å². The third kappa shape index (κ3) is 2.78. The van der Waals surface area contributed by atoms with Gasteiger partial charge in [-0.15, -0.1) is 0 Å². The molecule has 1 heterocycles. The van der Waals surface area contributed by atoms with Crippen LogP contribution in [0.4, 0.5) is 0 Å². The van der Waals surface area contributed by atoms with Crippen molar-refractivity contribution in [2.24, 2.45) is 0 Å². The maximum absolute atomic E-state index is 12.2. The van der Waals surface area contributed by atoms with Gasteiger partial charge < -0.3 is 18.5 Å². The maximum atomic E-state index is 12.2. The third-order valence-electron chi connectivity index (χ3n) is 1.85. The van der Waals surface area contributed by atoms with Crippen LogP contribution in [0.2, 0.25) is 0 Å². The van der Waals surface area contributed by atoms with Crippen molar-refractivity contribution in [3.8, 4) is 0 Å². The molecule has 0 radical (unpaired) electrons. The molecule has 0 aromatic carbocycles. The Morgan fingerprint density at radius 3 is 2.21 bits per heavy atom. The number of hydrogen-bond donors (Lipinski definition) is 0. The van der Waals surface area contributed by atoms with E-state index in [1.165, 1.54) is 7.11 Å². The average molecular weight is 224 g/mol. The van der Waals surface area contributed by atoms with Gasteiger partial charge in [0, 0.05) is 7.11 Å². The SMILES string of the molecule is CCOP(=O)(OCC)C(OC)C1CO1. The zero-order valence-corrected chi connectivity index (χ0v) is 9.66. The lowest BCUT2D eigenvalue weighted by molar-refractivity contribution is 0.0896. The number of rotatable bonds is 7. The van der Waals surface area contributed by atoms with Crippen molar-refractivity contribution in [3.05, 3.63) is 0 Å². The number of methoxy groups -OCH3 is 1. The fourth-order valence-corrected chi connectivity index (χ4v) is 3.17. The first-order chi connectivity index (χ1) is 6.68. The molecular formula is C8H17O5P. The molecule has 1 fully saturated rings. The van der Waals surface area contributed by atoms with Crippen molar-refractivity contribution in [3.63, 3.8) is 0 Å². The lowest BCUT2D eigenvalue weighted by Gasteiger charge is -2.23. The topological polar surface area (TPSA) is 57.3 Å². The minimum atomic E-state index is -3.17. The maximum Gasteiger partial charge on any atom is 0.361 e. The second kappa shape index (κ2) is 5.24. The summed E-state index contributed by atoms with van der Waals surface area (Å²) in [5.41, 5.74) is 0. The summed E-state index contributed by atoms with van der Waals surface area (Å²) in [5, 5.41) is 0. The van der Waals surface area contributed by atoms with Crippen molar-refractivity contribution in [1.29, 1.82) is 0 Å². The summed E-state index contributed by atoms with van der Waals surface area (Å²) in [6.07, 6.45) is -0.149. The molecule has 14 heavy (non-hydrogen) atoms. The summed E-state index contributed by atoms with van der Waals surface area (Å²) < 4.78 is 32.6. The molecule has 0 aromatic rings. The Hall–Kier alpha value is 0.0700. The van der Waals surface area contributed by atoms with E-state index in [-0.39, 0.29) is 6.10 Å². The van der Waals surface area contributed by atoms with Crippen LogP contribution >= 0.6 is 7.60 Å². The van der Waals surface area contributed by atoms with Crippen LogP contribution in [0.3, 0.4) is 0 Å². The summed E-state index contributed by atoms with van der Waals surface area (Å²) in [6.45, 7) is 4.77. The predicted octanol–water partition coefficient (Wildman–Crippen LogP) is 1.62. The summed E-state index contributed by atoms with van der Waals surface area (Å²) in [7, 11) is -1.69. The molecule has 0 bridgehead atoms. The van der Waals surface area contributed by atoms with Crippen LogP contribution in [-0.4, -0.2) is 38.9 Å². The fraction of sp³-hybridized carbons (Fsp3) is 1.00. The van der Waals surface area contributed by atoms with Gasteiger partial charge in [0.05, 0.1) is 19.8 Å². The van der Waals surface area contributed by atoms with Crippen LogP contribution in [0.5, 0.6) is 0 Å². The molecule has 0 aliphatic carbocycles. The van der Waals surface area contributed by atoms with Crippen molar-refractivity contribution in [2.45, 2.75) is 25.8 Å². The van der Waals surface area contributed by atoms with E-state index in [1.807, 2.05) is 0 Å². The predicted molar refractivity (Wildman–Crippen MR) is 51.4 cm³/mol. The number of ether oxygens (including phenoxy) is 2. The van der Waals surface area contributed by atoms with E-state index < -0.39 is 13.4 Å². The Labute approximate surface area is 84.2 Å². The monoisotopic (exact) mass is 224 g/mol. The van der Waals surface area contributed by atoms with Gasteiger partial charge in [0.1, 0.15) is 6.10 Å². The number of epoxide rings is 1. The average Bonchev–Trinajstić information content (AvgIpc) is 2.90. The van der Waals surface area contributed by atoms with Gasteiger partial charge in [0.2, 0.25) is 0 Å². The highest BCUT2D eigenvalue weighted by molar-refractivity contribution is 7.54. The van der Waals surface area contributed by atoms with Gasteiger partial charge >= 0.3 is 7.60 Å². The van der Waals surface area contributed by atoms with Gasteiger partial charge in [-0.05, 0) is 13.8 Å². The lowest BCUT2D eigenvalue weighted by atomic mass is 10.5. The van der Waals surface area contributed by atoms with Gasteiger partial charge in [-0.3, -0.25) is 4.57 Å². The minimum Gasteiger partial charge on any atom is -0.370 e. The molecule has 0 N–H and O–H groups in total. The van der Waals surface area contributed by atoms with Gasteiger partial charge in [0.25, 0.3) is 0 Å². The molecule has 2 unspecified atom stereocenters. The molecule has 1 rings (SSSR count). The standard InChI is InChI=1S/C8H17O5P/c1-4-12-14(9,13-5-2)8(10-3)7-6-11-7/h7-8H,4-6H2,1-3H3. The van der Waals surface area contributed by atoms with E-state index in [1.54, 1.807) is 13.8 Å². The quantitative estimate of drug-likeness (QED) is 0.486. The Bertz CT molecular complexity index is 206. The molecule has 0 spiro atoms. The van der Waals surface area contributed by atoms with Crippen molar-refractivity contribution in [1.82, 2.24) is 0 Å². The summed E-state index contributed by atoms with van der Waals surface area (Å²) >= 11 is 0. The van der Waals surface area contributed by atoms with E-state index in [4.69, 9.17) is 18.5 Å². The van der Waals surface area contributed by atoms with E-state index in [2.05, 4.69) is 0 Å². The van der Waals surface area contributed by atoms with Crippen molar-refractivity contribution < 1.29 is 23.1 Å². The Morgan fingerprint density at radius 2 is 1.93 bits per heavy atom. The minimum absolute atomic E-state index is 0.149. The zero-order valence-electron chi connectivity index (χ0n) is 8.76. The normalized spacial score (nSPS) is 23.5. The summed E-state index contributed by atoms with van der Waals surface area (Å²) in [5.74, 6) is -0.595. The molecule has 0 aromatic heterocycles. The second-order valence-electron chi connectivity index (χ2n) is 2.87. The van der Waals surface area contributed by atoms with Gasteiger partial charge in [-0.2, -0.15) is 0 Å². The molecule has 2 atom stereocenters. The summed E-state index contributed by atoms with van der Waals surface area (Å²) in [4.78, 5) is 0. The first kappa shape index (κ1) is 12.1. The Balaban J connectivity index is 2.66. The molecular weight excluding hydrogens is 207 g/mol. The van der Waals surface area contributed by atoms with Crippen LogP contribution < -0.4 is 0 Å². The Morgan fingerprint density at radius 1 is 1.43 bits per heavy atom.